The topological polar surface area (TPSA) is 50.3 Å². The minimum Gasteiger partial charge on any atom is -0.476 e. The van der Waals surface area contributed by atoms with E-state index in [1.54, 1.807) is 0 Å². The van der Waals surface area contributed by atoms with Crippen molar-refractivity contribution in [2.24, 2.45) is 0 Å². The van der Waals surface area contributed by atoms with Gasteiger partial charge >= 0.3 is 0 Å². The molecule has 1 aliphatic carbocycles. The fraction of sp³-hybridized carbons (Fsp3) is 0.667. The number of nitrogens with one attached hydrogen (secondary N) is 1. The maximum Gasteiger partial charge on any atom is 0.221 e. The van der Waals surface area contributed by atoms with Gasteiger partial charge in [-0.05, 0) is 26.8 Å². The van der Waals surface area contributed by atoms with Crippen LogP contribution in [0.25, 0.3) is 0 Å². The third kappa shape index (κ3) is 3.06. The highest BCUT2D eigenvalue weighted by atomic mass is 16.5. The first-order valence-corrected chi connectivity index (χ1v) is 6.04. The summed E-state index contributed by atoms with van der Waals surface area (Å²) in [7, 11) is 3.99. The van der Waals surface area contributed by atoms with Gasteiger partial charge < -0.3 is 15.0 Å². The normalized spacial score (nSPS) is 15.1. The number of rotatable bonds is 6. The summed E-state index contributed by atoms with van der Waals surface area (Å²) < 4.78 is 5.70. The number of hydrogen-bond acceptors (Lipinski definition) is 5. The van der Waals surface area contributed by atoms with Crippen LogP contribution in [0.3, 0.4) is 0 Å². The second-order valence-electron chi connectivity index (χ2n) is 4.46. The largest absolute Gasteiger partial charge is 0.476 e. The first-order valence-electron chi connectivity index (χ1n) is 6.04. The van der Waals surface area contributed by atoms with Crippen LogP contribution in [0.2, 0.25) is 0 Å². The van der Waals surface area contributed by atoms with Gasteiger partial charge in [0.25, 0.3) is 0 Å². The Morgan fingerprint density at radius 3 is 2.88 bits per heavy atom. The van der Waals surface area contributed by atoms with E-state index in [0.29, 0.717) is 12.5 Å². The van der Waals surface area contributed by atoms with E-state index in [0.717, 1.165) is 24.0 Å². The van der Waals surface area contributed by atoms with Crippen LogP contribution in [-0.2, 0) is 0 Å². The number of likely N-dealkylation sites (N-methyl/N-ethyl adjacent to an activating group) is 1. The highest BCUT2D eigenvalue weighted by Crippen LogP contribution is 2.25. The van der Waals surface area contributed by atoms with Crippen molar-refractivity contribution in [2.45, 2.75) is 25.8 Å². The second-order valence-corrected chi connectivity index (χ2v) is 4.46. The van der Waals surface area contributed by atoms with E-state index in [-0.39, 0.29) is 0 Å². The van der Waals surface area contributed by atoms with Gasteiger partial charge in [-0.1, -0.05) is 0 Å². The van der Waals surface area contributed by atoms with E-state index in [4.69, 9.17) is 4.74 Å². The molecule has 2 rings (SSSR count). The number of aromatic nitrogens is 2. The molecular weight excluding hydrogens is 216 g/mol. The number of ether oxygens (including phenoxy) is 1. The maximum absolute atomic E-state index is 5.70. The van der Waals surface area contributed by atoms with Crippen molar-refractivity contribution in [3.63, 3.8) is 0 Å². The minimum absolute atomic E-state index is 0.675. The molecule has 5 nitrogen and oxygen atoms in total. The minimum atomic E-state index is 0.675. The predicted molar refractivity (Wildman–Crippen MR) is 67.5 cm³/mol. The average Bonchev–Trinajstić information content (AvgIpc) is 3.15. The lowest BCUT2D eigenvalue weighted by atomic mass is 10.3. The van der Waals surface area contributed by atoms with Crippen molar-refractivity contribution < 1.29 is 4.74 Å². The smallest absolute Gasteiger partial charge is 0.221 e. The number of hydrogen-bond donors (Lipinski definition) is 1. The van der Waals surface area contributed by atoms with E-state index in [2.05, 4.69) is 27.2 Å². The van der Waals surface area contributed by atoms with Crippen LogP contribution in [0.15, 0.2) is 6.33 Å². The molecule has 1 aromatic rings. The third-order valence-electron chi connectivity index (χ3n) is 3.13. The first-order chi connectivity index (χ1) is 8.22. The summed E-state index contributed by atoms with van der Waals surface area (Å²) in [5, 5.41) is 3.02. The molecule has 17 heavy (non-hydrogen) atoms. The molecule has 0 spiro atoms. The predicted octanol–water partition coefficient (Wildman–Crippen LogP) is 1.30. The van der Waals surface area contributed by atoms with Crippen molar-refractivity contribution in [3.05, 3.63) is 11.9 Å². The lowest BCUT2D eigenvalue weighted by molar-refractivity contribution is 0.225. The van der Waals surface area contributed by atoms with Gasteiger partial charge in [0.05, 0.1) is 5.56 Å². The number of nitrogens with zero attached hydrogens (tertiary/aromatic N) is 3. The summed E-state index contributed by atoms with van der Waals surface area (Å²) in [4.78, 5) is 10.6. The molecule has 0 amide bonds. The maximum atomic E-state index is 5.70. The zero-order chi connectivity index (χ0) is 12.3. The van der Waals surface area contributed by atoms with Crippen LogP contribution in [0.5, 0.6) is 5.88 Å². The summed E-state index contributed by atoms with van der Waals surface area (Å²) in [5.41, 5.74) is 0.962. The van der Waals surface area contributed by atoms with Gasteiger partial charge in [-0.3, -0.25) is 0 Å². The molecule has 1 N–H and O–H groups in total. The van der Waals surface area contributed by atoms with Crippen LogP contribution < -0.4 is 10.1 Å². The van der Waals surface area contributed by atoms with Crippen LogP contribution in [0.4, 0.5) is 5.82 Å². The van der Waals surface area contributed by atoms with E-state index >= 15 is 0 Å². The zero-order valence-electron chi connectivity index (χ0n) is 10.7. The quantitative estimate of drug-likeness (QED) is 0.807. The van der Waals surface area contributed by atoms with Crippen molar-refractivity contribution in [1.82, 2.24) is 14.9 Å². The summed E-state index contributed by atoms with van der Waals surface area (Å²) in [6.45, 7) is 3.59. The Hall–Kier alpha value is -1.36. The molecule has 1 aliphatic rings. The Morgan fingerprint density at radius 2 is 2.24 bits per heavy atom. The molecule has 0 aliphatic heterocycles. The summed E-state index contributed by atoms with van der Waals surface area (Å²) in [6, 6.07) is 0.776. The van der Waals surface area contributed by atoms with Gasteiger partial charge in [-0.2, -0.15) is 0 Å². The van der Waals surface area contributed by atoms with Gasteiger partial charge in [0.15, 0.2) is 0 Å². The molecule has 0 saturated heterocycles. The van der Waals surface area contributed by atoms with Crippen LogP contribution >= 0.6 is 0 Å². The summed E-state index contributed by atoms with van der Waals surface area (Å²) >= 11 is 0. The third-order valence-corrected chi connectivity index (χ3v) is 3.13. The van der Waals surface area contributed by atoms with Gasteiger partial charge in [0.1, 0.15) is 18.8 Å². The van der Waals surface area contributed by atoms with Gasteiger partial charge in [-0.15, -0.1) is 0 Å². The monoisotopic (exact) mass is 236 g/mol. The molecule has 0 unspecified atom stereocenters. The van der Waals surface area contributed by atoms with Gasteiger partial charge in [-0.25, -0.2) is 9.97 Å². The molecule has 1 fully saturated rings. The van der Waals surface area contributed by atoms with Crippen molar-refractivity contribution >= 4 is 5.82 Å². The van der Waals surface area contributed by atoms with Crippen molar-refractivity contribution in [3.8, 4) is 5.88 Å². The van der Waals surface area contributed by atoms with Crippen molar-refractivity contribution in [2.75, 3.05) is 32.6 Å². The van der Waals surface area contributed by atoms with Crippen molar-refractivity contribution in [1.29, 1.82) is 0 Å². The Morgan fingerprint density at radius 1 is 1.47 bits per heavy atom. The molecule has 0 radical (unpaired) electrons. The van der Waals surface area contributed by atoms with E-state index < -0.39 is 0 Å². The highest BCUT2D eigenvalue weighted by Gasteiger charge is 2.25. The molecule has 1 heterocycles. The Balaban J connectivity index is 1.85. The highest BCUT2D eigenvalue weighted by molar-refractivity contribution is 5.46. The fourth-order valence-corrected chi connectivity index (χ4v) is 1.82. The molecular formula is C12H20N4O. The zero-order valence-corrected chi connectivity index (χ0v) is 10.7. The molecule has 94 valence electrons. The van der Waals surface area contributed by atoms with Gasteiger partial charge in [0, 0.05) is 19.6 Å². The molecule has 0 bridgehead atoms. The Bertz CT molecular complexity index is 379. The van der Waals surface area contributed by atoms with Gasteiger partial charge in [0.2, 0.25) is 5.88 Å². The average molecular weight is 236 g/mol. The molecule has 1 saturated carbocycles. The standard InChI is InChI=1S/C12H20N4O/c1-9-11(13-2)14-8-15-12(9)17-7-6-16(3)10-4-5-10/h8,10H,4-7H2,1-3H3,(H,13,14,15). The summed E-state index contributed by atoms with van der Waals surface area (Å²) in [6.07, 6.45) is 4.18. The molecule has 0 atom stereocenters. The van der Waals surface area contributed by atoms with Crippen LogP contribution in [0, 0.1) is 6.92 Å². The van der Waals surface area contributed by atoms with Crippen LogP contribution in [0.1, 0.15) is 18.4 Å². The lowest BCUT2D eigenvalue weighted by Crippen LogP contribution is -2.26. The molecule has 0 aromatic carbocycles. The Labute approximate surface area is 102 Å². The fourth-order valence-electron chi connectivity index (χ4n) is 1.82. The molecule has 5 heteroatoms. The molecule has 1 aromatic heterocycles. The second kappa shape index (κ2) is 5.31. The van der Waals surface area contributed by atoms with E-state index in [9.17, 15) is 0 Å². The van der Waals surface area contributed by atoms with Crippen LogP contribution in [-0.4, -0.2) is 48.2 Å². The van der Waals surface area contributed by atoms with E-state index in [1.165, 1.54) is 19.2 Å². The SMILES string of the molecule is CNc1ncnc(OCCN(C)C2CC2)c1C. The summed E-state index contributed by atoms with van der Waals surface area (Å²) in [5.74, 6) is 1.50. The number of anilines is 1. The first kappa shape index (κ1) is 12.1. The Kier molecular flexibility index (Phi) is 3.78. The van der Waals surface area contributed by atoms with E-state index in [1.807, 2.05) is 14.0 Å². The lowest BCUT2D eigenvalue weighted by Gasteiger charge is -2.16.